The smallest absolute Gasteiger partial charge is 0.122 e. The quantitative estimate of drug-likeness (QED) is 0.805. The monoisotopic (exact) mass is 244 g/mol. The molecule has 1 atom stereocenters. The lowest BCUT2D eigenvalue weighted by atomic mass is 10.0. The Labute approximate surface area is 101 Å². The molecule has 0 amide bonds. The SMILES string of the molecule is COc1ccc(Cl)cc1CC(O)CCCO. The van der Waals surface area contributed by atoms with Crippen molar-refractivity contribution in [1.29, 1.82) is 0 Å². The van der Waals surface area contributed by atoms with Gasteiger partial charge in [0.15, 0.2) is 0 Å². The average molecular weight is 245 g/mol. The Hall–Kier alpha value is -0.770. The maximum absolute atomic E-state index is 9.73. The van der Waals surface area contributed by atoms with Crippen molar-refractivity contribution in [1.82, 2.24) is 0 Å². The van der Waals surface area contributed by atoms with Gasteiger partial charge in [-0.3, -0.25) is 0 Å². The molecule has 1 rings (SSSR count). The van der Waals surface area contributed by atoms with Crippen molar-refractivity contribution in [3.63, 3.8) is 0 Å². The molecule has 2 N–H and O–H groups in total. The molecular formula is C12H17ClO3. The van der Waals surface area contributed by atoms with Crippen molar-refractivity contribution in [3.05, 3.63) is 28.8 Å². The average Bonchev–Trinajstić information content (AvgIpc) is 2.27. The second kappa shape index (κ2) is 6.74. The summed E-state index contributed by atoms with van der Waals surface area (Å²) in [6.45, 7) is 0.101. The van der Waals surface area contributed by atoms with E-state index in [2.05, 4.69) is 0 Å². The molecular weight excluding hydrogens is 228 g/mol. The third-order valence-electron chi connectivity index (χ3n) is 2.39. The summed E-state index contributed by atoms with van der Waals surface area (Å²) in [5.74, 6) is 0.729. The van der Waals surface area contributed by atoms with Crippen molar-refractivity contribution in [2.75, 3.05) is 13.7 Å². The molecule has 1 unspecified atom stereocenters. The van der Waals surface area contributed by atoms with Gasteiger partial charge in [0.2, 0.25) is 0 Å². The van der Waals surface area contributed by atoms with Crippen LogP contribution in [0.2, 0.25) is 5.02 Å². The molecule has 1 aromatic rings. The van der Waals surface area contributed by atoms with Crippen LogP contribution >= 0.6 is 11.6 Å². The van der Waals surface area contributed by atoms with E-state index in [1.807, 2.05) is 0 Å². The van der Waals surface area contributed by atoms with Crippen molar-refractivity contribution in [3.8, 4) is 5.75 Å². The van der Waals surface area contributed by atoms with Gasteiger partial charge in [-0.25, -0.2) is 0 Å². The van der Waals surface area contributed by atoms with Crippen LogP contribution in [0, 0.1) is 0 Å². The van der Waals surface area contributed by atoms with Gasteiger partial charge in [-0.2, -0.15) is 0 Å². The van der Waals surface area contributed by atoms with Gasteiger partial charge in [0, 0.05) is 18.1 Å². The number of aliphatic hydroxyl groups excluding tert-OH is 2. The lowest BCUT2D eigenvalue weighted by Crippen LogP contribution is -2.11. The summed E-state index contributed by atoms with van der Waals surface area (Å²) in [5.41, 5.74) is 0.889. The molecule has 0 spiro atoms. The topological polar surface area (TPSA) is 49.7 Å². The van der Waals surface area contributed by atoms with Gasteiger partial charge in [0.1, 0.15) is 5.75 Å². The van der Waals surface area contributed by atoms with E-state index >= 15 is 0 Å². The largest absolute Gasteiger partial charge is 0.496 e. The van der Waals surface area contributed by atoms with Crippen LogP contribution in [0.15, 0.2) is 18.2 Å². The minimum Gasteiger partial charge on any atom is -0.496 e. The van der Waals surface area contributed by atoms with Crippen LogP contribution in [0.1, 0.15) is 18.4 Å². The summed E-state index contributed by atoms with van der Waals surface area (Å²) in [6, 6.07) is 5.34. The standard InChI is InChI=1S/C12H17ClO3/c1-16-12-5-4-10(13)7-9(12)8-11(15)3-2-6-14/h4-5,7,11,14-15H,2-3,6,8H2,1H3. The zero-order valence-corrected chi connectivity index (χ0v) is 10.1. The Morgan fingerprint density at radius 1 is 1.44 bits per heavy atom. The number of rotatable bonds is 6. The fourth-order valence-corrected chi connectivity index (χ4v) is 1.78. The van der Waals surface area contributed by atoms with Gasteiger partial charge in [-0.15, -0.1) is 0 Å². The Kier molecular flexibility index (Phi) is 5.60. The number of benzene rings is 1. The van der Waals surface area contributed by atoms with Crippen LogP contribution in [0.4, 0.5) is 0 Å². The minimum absolute atomic E-state index is 0.101. The van der Waals surface area contributed by atoms with E-state index in [4.69, 9.17) is 21.4 Å². The third kappa shape index (κ3) is 4.00. The zero-order valence-electron chi connectivity index (χ0n) is 9.32. The van der Waals surface area contributed by atoms with Gasteiger partial charge in [0.25, 0.3) is 0 Å². The molecule has 0 aliphatic carbocycles. The maximum Gasteiger partial charge on any atom is 0.122 e. The maximum atomic E-state index is 9.73. The predicted molar refractivity (Wildman–Crippen MR) is 64.0 cm³/mol. The first kappa shape index (κ1) is 13.3. The lowest BCUT2D eigenvalue weighted by molar-refractivity contribution is 0.149. The summed E-state index contributed by atoms with van der Waals surface area (Å²) >= 11 is 5.88. The van der Waals surface area contributed by atoms with Gasteiger partial charge in [-0.05, 0) is 36.6 Å². The summed E-state index contributed by atoms with van der Waals surface area (Å²) in [4.78, 5) is 0. The molecule has 16 heavy (non-hydrogen) atoms. The van der Waals surface area contributed by atoms with Crippen LogP contribution < -0.4 is 4.74 Å². The predicted octanol–water partition coefficient (Wildman–Crippen LogP) is 2.02. The first-order valence-corrected chi connectivity index (χ1v) is 5.66. The van der Waals surface area contributed by atoms with Gasteiger partial charge in [0.05, 0.1) is 13.2 Å². The molecule has 0 aliphatic rings. The minimum atomic E-state index is -0.473. The molecule has 0 fully saturated rings. The van der Waals surface area contributed by atoms with Crippen LogP contribution in [0.25, 0.3) is 0 Å². The van der Waals surface area contributed by atoms with E-state index < -0.39 is 6.10 Å². The second-order valence-corrected chi connectivity index (χ2v) is 4.12. The summed E-state index contributed by atoms with van der Waals surface area (Å²) in [6.07, 6.45) is 1.19. The third-order valence-corrected chi connectivity index (χ3v) is 2.63. The lowest BCUT2D eigenvalue weighted by Gasteiger charge is -2.13. The molecule has 0 saturated carbocycles. The molecule has 0 heterocycles. The van der Waals surface area contributed by atoms with Crippen molar-refractivity contribution in [2.45, 2.75) is 25.4 Å². The van der Waals surface area contributed by atoms with E-state index in [1.165, 1.54) is 0 Å². The number of ether oxygens (including phenoxy) is 1. The number of aliphatic hydroxyl groups is 2. The van der Waals surface area contributed by atoms with Crippen molar-refractivity contribution >= 4 is 11.6 Å². The Morgan fingerprint density at radius 2 is 2.19 bits per heavy atom. The fourth-order valence-electron chi connectivity index (χ4n) is 1.59. The van der Waals surface area contributed by atoms with E-state index in [1.54, 1.807) is 25.3 Å². The molecule has 90 valence electrons. The molecule has 3 nitrogen and oxygen atoms in total. The van der Waals surface area contributed by atoms with Gasteiger partial charge < -0.3 is 14.9 Å². The van der Waals surface area contributed by atoms with E-state index in [0.717, 1.165) is 11.3 Å². The Balaban J connectivity index is 2.67. The van der Waals surface area contributed by atoms with Crippen LogP contribution in [-0.2, 0) is 6.42 Å². The van der Waals surface area contributed by atoms with Crippen LogP contribution in [0.5, 0.6) is 5.75 Å². The number of halogens is 1. The molecule has 1 aromatic carbocycles. The van der Waals surface area contributed by atoms with Crippen LogP contribution in [-0.4, -0.2) is 30.0 Å². The highest BCUT2D eigenvalue weighted by atomic mass is 35.5. The molecule has 0 radical (unpaired) electrons. The number of methoxy groups -OCH3 is 1. The molecule has 0 aromatic heterocycles. The van der Waals surface area contributed by atoms with E-state index in [-0.39, 0.29) is 6.61 Å². The zero-order chi connectivity index (χ0) is 12.0. The summed E-state index contributed by atoms with van der Waals surface area (Å²) in [7, 11) is 1.59. The molecule has 0 bridgehead atoms. The summed E-state index contributed by atoms with van der Waals surface area (Å²) < 4.78 is 5.19. The van der Waals surface area contributed by atoms with E-state index in [0.29, 0.717) is 24.3 Å². The highest BCUT2D eigenvalue weighted by Gasteiger charge is 2.10. The normalized spacial score (nSPS) is 12.5. The fraction of sp³-hybridized carbons (Fsp3) is 0.500. The highest BCUT2D eigenvalue weighted by Crippen LogP contribution is 2.24. The number of hydrogen-bond donors (Lipinski definition) is 2. The highest BCUT2D eigenvalue weighted by molar-refractivity contribution is 6.30. The summed E-state index contributed by atoms with van der Waals surface area (Å²) in [5, 5.41) is 19.0. The second-order valence-electron chi connectivity index (χ2n) is 3.68. The van der Waals surface area contributed by atoms with Gasteiger partial charge >= 0.3 is 0 Å². The molecule has 0 saturated heterocycles. The Morgan fingerprint density at radius 3 is 2.81 bits per heavy atom. The molecule has 4 heteroatoms. The van der Waals surface area contributed by atoms with Crippen molar-refractivity contribution in [2.24, 2.45) is 0 Å². The Bertz CT molecular complexity index is 328. The van der Waals surface area contributed by atoms with E-state index in [9.17, 15) is 5.11 Å². The van der Waals surface area contributed by atoms with Gasteiger partial charge in [-0.1, -0.05) is 11.6 Å². The van der Waals surface area contributed by atoms with Crippen LogP contribution in [0.3, 0.4) is 0 Å². The molecule has 0 aliphatic heterocycles. The van der Waals surface area contributed by atoms with Crippen molar-refractivity contribution < 1.29 is 14.9 Å². The first-order valence-electron chi connectivity index (χ1n) is 5.28. The number of hydrogen-bond acceptors (Lipinski definition) is 3. The first-order chi connectivity index (χ1) is 7.67.